The topological polar surface area (TPSA) is 33.0 Å². The molecule has 0 saturated heterocycles. The Morgan fingerprint density at radius 1 is 1.50 bits per heavy atom. The van der Waals surface area contributed by atoms with Gasteiger partial charge in [0.1, 0.15) is 0 Å². The lowest BCUT2D eigenvalue weighted by Gasteiger charge is -2.10. The van der Waals surface area contributed by atoms with Gasteiger partial charge in [0.15, 0.2) is 17.7 Å². The summed E-state index contributed by atoms with van der Waals surface area (Å²) in [6.07, 6.45) is -1.05. The molecule has 14 heavy (non-hydrogen) atoms. The third kappa shape index (κ3) is 2.06. The van der Waals surface area contributed by atoms with Crippen molar-refractivity contribution in [2.45, 2.75) is 13.0 Å². The van der Waals surface area contributed by atoms with E-state index in [9.17, 15) is 8.78 Å². The van der Waals surface area contributed by atoms with Crippen molar-refractivity contribution >= 4 is 0 Å². The molecule has 0 aliphatic rings. The number of rotatable bonds is 3. The molecule has 0 spiro atoms. The van der Waals surface area contributed by atoms with Gasteiger partial charge in [0.2, 0.25) is 0 Å². The fraction of sp³-hybridized carbons (Fsp3) is 0.300. The molecule has 0 fully saturated rings. The molecule has 4 heteroatoms. The molecular weight excluding hydrogens is 188 g/mol. The lowest BCUT2D eigenvalue weighted by Crippen LogP contribution is -2.05. The van der Waals surface area contributed by atoms with Crippen LogP contribution in [0.2, 0.25) is 0 Å². The third-order valence-electron chi connectivity index (χ3n) is 1.71. The minimum absolute atomic E-state index is 0.0608. The van der Waals surface area contributed by atoms with Gasteiger partial charge in [-0.25, -0.2) is 8.78 Å². The van der Waals surface area contributed by atoms with Gasteiger partial charge in [-0.3, -0.25) is 0 Å². The van der Waals surface area contributed by atoms with Gasteiger partial charge in [-0.05, 0) is 13.0 Å². The quantitative estimate of drug-likeness (QED) is 0.746. The van der Waals surface area contributed by atoms with Gasteiger partial charge in [0, 0.05) is 12.2 Å². The Balaban J connectivity index is 3.05. The summed E-state index contributed by atoms with van der Waals surface area (Å²) in [5.41, 5.74) is -0.0608. The first kappa shape index (κ1) is 10.6. The average molecular weight is 197 g/mol. The van der Waals surface area contributed by atoms with Gasteiger partial charge in [0.05, 0.1) is 6.07 Å². The maximum Gasteiger partial charge on any atom is 0.171 e. The zero-order valence-electron chi connectivity index (χ0n) is 7.63. The van der Waals surface area contributed by atoms with Crippen molar-refractivity contribution in [3.8, 4) is 6.07 Å². The van der Waals surface area contributed by atoms with Crippen LogP contribution in [0.15, 0.2) is 18.2 Å². The molecule has 0 aliphatic carbocycles. The molecule has 1 atom stereocenters. The van der Waals surface area contributed by atoms with E-state index < -0.39 is 17.7 Å². The van der Waals surface area contributed by atoms with E-state index in [1.807, 2.05) is 0 Å². The number of ether oxygens (including phenoxy) is 1. The molecule has 0 bridgehead atoms. The van der Waals surface area contributed by atoms with Crippen LogP contribution in [-0.2, 0) is 4.74 Å². The van der Waals surface area contributed by atoms with Crippen LogP contribution in [-0.4, -0.2) is 6.61 Å². The van der Waals surface area contributed by atoms with Crippen molar-refractivity contribution < 1.29 is 13.5 Å². The summed E-state index contributed by atoms with van der Waals surface area (Å²) in [5.74, 6) is -1.99. The number of hydrogen-bond donors (Lipinski definition) is 0. The molecule has 1 unspecified atom stereocenters. The van der Waals surface area contributed by atoms with E-state index in [0.717, 1.165) is 6.07 Å². The molecule has 0 aliphatic heterocycles. The standard InChI is InChI=1S/C10H9F2NO/c1-2-14-9(6-13)7-4-3-5-8(11)10(7)12/h3-5,9H,2H2,1H3. The predicted octanol–water partition coefficient (Wildman–Crippen LogP) is 2.57. The molecule has 0 radical (unpaired) electrons. The lowest BCUT2D eigenvalue weighted by molar-refractivity contribution is 0.0988. The highest BCUT2D eigenvalue weighted by molar-refractivity contribution is 5.25. The van der Waals surface area contributed by atoms with Gasteiger partial charge in [-0.1, -0.05) is 12.1 Å². The Kier molecular flexibility index (Phi) is 3.55. The SMILES string of the molecule is CCOC(C#N)c1cccc(F)c1F. The summed E-state index contributed by atoms with van der Waals surface area (Å²) in [5, 5.41) is 8.66. The van der Waals surface area contributed by atoms with E-state index in [1.54, 1.807) is 13.0 Å². The third-order valence-corrected chi connectivity index (χ3v) is 1.71. The van der Waals surface area contributed by atoms with E-state index in [0.29, 0.717) is 0 Å². The molecule has 74 valence electrons. The minimum atomic E-state index is -1.05. The largest absolute Gasteiger partial charge is 0.359 e. The van der Waals surface area contributed by atoms with E-state index in [4.69, 9.17) is 10.00 Å². The Labute approximate surface area is 80.7 Å². The first-order valence-electron chi connectivity index (χ1n) is 4.15. The number of benzene rings is 1. The Morgan fingerprint density at radius 3 is 2.79 bits per heavy atom. The summed E-state index contributed by atoms with van der Waals surface area (Å²) < 4.78 is 30.9. The highest BCUT2D eigenvalue weighted by Crippen LogP contribution is 2.21. The van der Waals surface area contributed by atoms with Gasteiger partial charge in [0.25, 0.3) is 0 Å². The fourth-order valence-electron chi connectivity index (χ4n) is 1.09. The van der Waals surface area contributed by atoms with Crippen LogP contribution in [0.25, 0.3) is 0 Å². The molecular formula is C10H9F2NO. The van der Waals surface area contributed by atoms with Crippen molar-refractivity contribution in [2.75, 3.05) is 6.61 Å². The van der Waals surface area contributed by atoms with Crippen molar-refractivity contribution in [1.82, 2.24) is 0 Å². The molecule has 0 N–H and O–H groups in total. The number of nitriles is 1. The van der Waals surface area contributed by atoms with Crippen LogP contribution in [0.3, 0.4) is 0 Å². The Morgan fingerprint density at radius 2 is 2.21 bits per heavy atom. The van der Waals surface area contributed by atoms with Gasteiger partial charge in [-0.15, -0.1) is 0 Å². The van der Waals surface area contributed by atoms with Crippen molar-refractivity contribution in [2.24, 2.45) is 0 Å². The van der Waals surface area contributed by atoms with E-state index in [2.05, 4.69) is 0 Å². The maximum atomic E-state index is 13.2. The summed E-state index contributed by atoms with van der Waals surface area (Å²) >= 11 is 0. The van der Waals surface area contributed by atoms with Crippen LogP contribution in [0.4, 0.5) is 8.78 Å². The number of hydrogen-bond acceptors (Lipinski definition) is 2. The fourth-order valence-corrected chi connectivity index (χ4v) is 1.09. The van der Waals surface area contributed by atoms with E-state index in [1.165, 1.54) is 12.1 Å². The monoisotopic (exact) mass is 197 g/mol. The molecule has 0 saturated carbocycles. The zero-order valence-corrected chi connectivity index (χ0v) is 7.63. The second-order valence-corrected chi connectivity index (χ2v) is 2.61. The average Bonchev–Trinajstić information content (AvgIpc) is 2.19. The van der Waals surface area contributed by atoms with Crippen molar-refractivity contribution in [3.63, 3.8) is 0 Å². The van der Waals surface area contributed by atoms with Crippen LogP contribution < -0.4 is 0 Å². The van der Waals surface area contributed by atoms with Crippen molar-refractivity contribution in [3.05, 3.63) is 35.4 Å². The second-order valence-electron chi connectivity index (χ2n) is 2.61. The summed E-state index contributed by atoms with van der Waals surface area (Å²) in [6, 6.07) is 5.44. The summed E-state index contributed by atoms with van der Waals surface area (Å²) in [7, 11) is 0. The molecule has 1 aromatic carbocycles. The molecule has 1 aromatic rings. The predicted molar refractivity (Wildman–Crippen MR) is 46.3 cm³/mol. The van der Waals surface area contributed by atoms with Crippen molar-refractivity contribution in [1.29, 1.82) is 5.26 Å². The molecule has 1 rings (SSSR count). The van der Waals surface area contributed by atoms with E-state index in [-0.39, 0.29) is 12.2 Å². The Hall–Kier alpha value is -1.47. The summed E-state index contributed by atoms with van der Waals surface area (Å²) in [4.78, 5) is 0. The zero-order chi connectivity index (χ0) is 10.6. The van der Waals surface area contributed by atoms with E-state index >= 15 is 0 Å². The first-order chi connectivity index (χ1) is 6.70. The van der Waals surface area contributed by atoms with Crippen LogP contribution >= 0.6 is 0 Å². The van der Waals surface area contributed by atoms with Crippen LogP contribution in [0.5, 0.6) is 0 Å². The van der Waals surface area contributed by atoms with Crippen LogP contribution in [0, 0.1) is 23.0 Å². The minimum Gasteiger partial charge on any atom is -0.359 e. The summed E-state index contributed by atoms with van der Waals surface area (Å²) in [6.45, 7) is 1.95. The smallest absolute Gasteiger partial charge is 0.171 e. The number of nitrogens with zero attached hydrogens (tertiary/aromatic N) is 1. The van der Waals surface area contributed by atoms with Gasteiger partial charge in [-0.2, -0.15) is 5.26 Å². The molecule has 0 aromatic heterocycles. The lowest BCUT2D eigenvalue weighted by atomic mass is 10.1. The number of halogens is 2. The van der Waals surface area contributed by atoms with Gasteiger partial charge >= 0.3 is 0 Å². The highest BCUT2D eigenvalue weighted by atomic mass is 19.2. The first-order valence-corrected chi connectivity index (χ1v) is 4.15. The maximum absolute atomic E-state index is 13.2. The molecule has 0 heterocycles. The van der Waals surface area contributed by atoms with Gasteiger partial charge < -0.3 is 4.74 Å². The van der Waals surface area contributed by atoms with Crippen LogP contribution in [0.1, 0.15) is 18.6 Å². The normalized spacial score (nSPS) is 12.1. The molecule has 2 nitrogen and oxygen atoms in total. The highest BCUT2D eigenvalue weighted by Gasteiger charge is 2.17. The Bertz CT molecular complexity index is 360. The second kappa shape index (κ2) is 4.68. The molecule has 0 amide bonds.